The minimum Gasteiger partial charge on any atom is -0.370 e. The minimum atomic E-state index is -4.62. The highest BCUT2D eigenvalue weighted by Crippen LogP contribution is 2.35. The summed E-state index contributed by atoms with van der Waals surface area (Å²) >= 11 is 6.81. The number of anilines is 2. The summed E-state index contributed by atoms with van der Waals surface area (Å²) in [6.45, 7) is -1.89. The van der Waals surface area contributed by atoms with Gasteiger partial charge in [0.05, 0.1) is 28.1 Å². The molecule has 4 rings (SSSR count). The third-order valence-electron chi connectivity index (χ3n) is 6.14. The minimum absolute atomic E-state index is 0.0496. The second-order valence-electron chi connectivity index (χ2n) is 9.01. The maximum atomic E-state index is 13.9. The molecule has 2 heterocycles. The smallest absolute Gasteiger partial charge is 0.370 e. The van der Waals surface area contributed by atoms with Gasteiger partial charge in [0.2, 0.25) is 5.91 Å². The third kappa shape index (κ3) is 7.65. The first-order valence-corrected chi connectivity index (χ1v) is 13.1. The predicted molar refractivity (Wildman–Crippen MR) is 134 cm³/mol. The van der Waals surface area contributed by atoms with Crippen LogP contribution in [0.15, 0.2) is 30.3 Å². The van der Waals surface area contributed by atoms with Crippen LogP contribution in [0.5, 0.6) is 0 Å². The predicted octanol–water partition coefficient (Wildman–Crippen LogP) is 4.47. The zero-order chi connectivity index (χ0) is 28.3. The standard InChI is InChI=1S/C24H24ClF5N4O4S/c25-19-6-5-18(39-19)23(37)31-10-17(34(14-2-3-14)12-24(28,29)30)22(36)32-13-1-4-16(15(9-13)21(26)27)33-7-8-38-11-20(33)35/h1,4-6,9,14,17,21H,2-3,7-8,10-12H2,(H,31,37)(H,32,36)/t17-/m1/s1. The number of halogens is 6. The van der Waals surface area contributed by atoms with Crippen molar-refractivity contribution >= 4 is 52.0 Å². The molecule has 15 heteroatoms. The van der Waals surface area contributed by atoms with Gasteiger partial charge in [-0.05, 0) is 43.2 Å². The second-order valence-corrected chi connectivity index (χ2v) is 10.7. The average molecular weight is 595 g/mol. The fraction of sp³-hybridized carbons (Fsp3) is 0.458. The number of carbonyl (C=O) groups excluding carboxylic acids is 3. The number of hydrogen-bond acceptors (Lipinski definition) is 6. The number of rotatable bonds is 10. The van der Waals surface area contributed by atoms with E-state index in [9.17, 15) is 36.3 Å². The van der Waals surface area contributed by atoms with Crippen LogP contribution >= 0.6 is 22.9 Å². The summed E-state index contributed by atoms with van der Waals surface area (Å²) in [5.41, 5.74) is -0.674. The van der Waals surface area contributed by atoms with E-state index in [4.69, 9.17) is 16.3 Å². The highest BCUT2D eigenvalue weighted by Gasteiger charge is 2.44. The van der Waals surface area contributed by atoms with Gasteiger partial charge < -0.3 is 20.3 Å². The maximum absolute atomic E-state index is 13.9. The molecular weight excluding hydrogens is 571 g/mol. The first kappa shape index (κ1) is 29.2. The van der Waals surface area contributed by atoms with Gasteiger partial charge in [-0.1, -0.05) is 11.6 Å². The molecule has 0 unspecified atom stereocenters. The van der Waals surface area contributed by atoms with Crippen LogP contribution in [0.1, 0.15) is 34.5 Å². The van der Waals surface area contributed by atoms with Gasteiger partial charge in [-0.3, -0.25) is 19.3 Å². The van der Waals surface area contributed by atoms with Gasteiger partial charge in [0.1, 0.15) is 12.6 Å². The highest BCUT2D eigenvalue weighted by molar-refractivity contribution is 7.18. The van der Waals surface area contributed by atoms with Crippen molar-refractivity contribution in [3.8, 4) is 0 Å². The molecule has 2 aromatic rings. The van der Waals surface area contributed by atoms with Gasteiger partial charge in [-0.15, -0.1) is 11.3 Å². The summed E-state index contributed by atoms with van der Waals surface area (Å²) in [5, 5.41) is 4.90. The number of morpholine rings is 1. The summed E-state index contributed by atoms with van der Waals surface area (Å²) in [5.74, 6) is -2.03. The molecular formula is C24H24ClF5N4O4S. The van der Waals surface area contributed by atoms with E-state index in [1.54, 1.807) is 0 Å². The summed E-state index contributed by atoms with van der Waals surface area (Å²) in [6, 6.07) is 4.46. The van der Waals surface area contributed by atoms with Gasteiger partial charge in [0.15, 0.2) is 0 Å². The van der Waals surface area contributed by atoms with E-state index in [1.807, 2.05) is 0 Å². The Labute approximate surface area is 229 Å². The Balaban J connectivity index is 1.56. The molecule has 3 amide bonds. The summed E-state index contributed by atoms with van der Waals surface area (Å²) < 4.78 is 73.4. The Morgan fingerprint density at radius 1 is 1.21 bits per heavy atom. The van der Waals surface area contributed by atoms with Crippen molar-refractivity contribution in [1.29, 1.82) is 0 Å². The Bertz CT molecular complexity index is 1220. The van der Waals surface area contributed by atoms with Crippen molar-refractivity contribution in [3.05, 3.63) is 45.1 Å². The molecule has 2 aliphatic rings. The Morgan fingerprint density at radius 3 is 2.54 bits per heavy atom. The van der Waals surface area contributed by atoms with Crippen molar-refractivity contribution in [2.45, 2.75) is 37.5 Å². The molecule has 1 aliphatic carbocycles. The van der Waals surface area contributed by atoms with Crippen LogP contribution in [0, 0.1) is 0 Å². The number of thiophene rings is 1. The molecule has 1 saturated heterocycles. The van der Waals surface area contributed by atoms with E-state index in [2.05, 4.69) is 10.6 Å². The van der Waals surface area contributed by atoms with Gasteiger partial charge >= 0.3 is 6.18 Å². The number of nitrogens with one attached hydrogen (secondary N) is 2. The first-order valence-electron chi connectivity index (χ1n) is 11.9. The summed E-state index contributed by atoms with van der Waals surface area (Å²) in [6.07, 6.45) is -6.76. The lowest BCUT2D eigenvalue weighted by molar-refractivity contribution is -0.155. The highest BCUT2D eigenvalue weighted by atomic mass is 35.5. The zero-order valence-corrected chi connectivity index (χ0v) is 21.8. The molecule has 0 spiro atoms. The third-order valence-corrected chi connectivity index (χ3v) is 7.37. The van der Waals surface area contributed by atoms with E-state index in [1.165, 1.54) is 24.3 Å². The van der Waals surface area contributed by atoms with E-state index in [0.29, 0.717) is 17.2 Å². The quantitative estimate of drug-likeness (QED) is 0.396. The lowest BCUT2D eigenvalue weighted by Gasteiger charge is -2.32. The molecule has 2 fully saturated rings. The molecule has 2 N–H and O–H groups in total. The topological polar surface area (TPSA) is 91.0 Å². The number of ether oxygens (including phenoxy) is 1. The van der Waals surface area contributed by atoms with Crippen molar-refractivity contribution < 1.29 is 41.1 Å². The van der Waals surface area contributed by atoms with Crippen molar-refractivity contribution in [1.82, 2.24) is 10.2 Å². The zero-order valence-electron chi connectivity index (χ0n) is 20.3. The van der Waals surface area contributed by atoms with Crippen LogP contribution < -0.4 is 15.5 Å². The van der Waals surface area contributed by atoms with Crippen molar-refractivity contribution in [2.75, 3.05) is 43.1 Å². The first-order chi connectivity index (χ1) is 18.4. The van der Waals surface area contributed by atoms with E-state index >= 15 is 0 Å². The molecule has 0 bridgehead atoms. The number of benzene rings is 1. The Hall–Kier alpha value is -2.81. The van der Waals surface area contributed by atoms with Crippen molar-refractivity contribution in [2.24, 2.45) is 0 Å². The van der Waals surface area contributed by atoms with Gasteiger partial charge in [0, 0.05) is 30.4 Å². The lowest BCUT2D eigenvalue weighted by Crippen LogP contribution is -2.54. The summed E-state index contributed by atoms with van der Waals surface area (Å²) in [7, 11) is 0. The van der Waals surface area contributed by atoms with Crippen LogP contribution in [-0.4, -0.2) is 73.7 Å². The van der Waals surface area contributed by atoms with Crippen LogP contribution in [0.4, 0.5) is 33.3 Å². The number of alkyl halides is 5. The molecule has 212 valence electrons. The summed E-state index contributed by atoms with van der Waals surface area (Å²) in [4.78, 5) is 40.3. The molecule has 1 aromatic heterocycles. The van der Waals surface area contributed by atoms with Gasteiger partial charge in [-0.2, -0.15) is 13.2 Å². The van der Waals surface area contributed by atoms with E-state index < -0.39 is 61.1 Å². The maximum Gasteiger partial charge on any atom is 0.401 e. The average Bonchev–Trinajstić information content (AvgIpc) is 3.62. The molecule has 8 nitrogen and oxygen atoms in total. The van der Waals surface area contributed by atoms with Gasteiger partial charge in [0.25, 0.3) is 18.2 Å². The van der Waals surface area contributed by atoms with Crippen LogP contribution in [0.3, 0.4) is 0 Å². The fourth-order valence-corrected chi connectivity index (χ4v) is 5.19. The fourth-order valence-electron chi connectivity index (χ4n) is 4.23. The molecule has 1 atom stereocenters. The number of carbonyl (C=O) groups is 3. The number of nitrogens with zero attached hydrogens (tertiary/aromatic N) is 2. The Morgan fingerprint density at radius 2 is 1.95 bits per heavy atom. The van der Waals surface area contributed by atoms with E-state index in [0.717, 1.165) is 27.2 Å². The molecule has 1 aromatic carbocycles. The van der Waals surface area contributed by atoms with Crippen LogP contribution in [0.25, 0.3) is 0 Å². The molecule has 1 saturated carbocycles. The number of amides is 3. The second kappa shape index (κ2) is 12.1. The largest absolute Gasteiger partial charge is 0.401 e. The number of hydrogen-bond donors (Lipinski definition) is 2. The van der Waals surface area contributed by atoms with Gasteiger partial charge in [-0.25, -0.2) is 8.78 Å². The Kier molecular flexibility index (Phi) is 9.09. The molecule has 1 aliphatic heterocycles. The van der Waals surface area contributed by atoms with E-state index in [-0.39, 0.29) is 36.0 Å². The SMILES string of the molecule is O=C(NC[C@H](C(=O)Nc1ccc(N2CCOCC2=O)c(C(F)F)c1)N(CC(F)(F)F)C1CC1)c1ccc(Cl)s1. The van der Waals surface area contributed by atoms with Crippen molar-refractivity contribution in [3.63, 3.8) is 0 Å². The van der Waals surface area contributed by atoms with Crippen LogP contribution in [0.2, 0.25) is 4.34 Å². The molecule has 39 heavy (non-hydrogen) atoms. The normalized spacial score (nSPS) is 17.0. The lowest BCUT2D eigenvalue weighted by atomic mass is 10.1. The monoisotopic (exact) mass is 594 g/mol. The molecule has 0 radical (unpaired) electrons. The van der Waals surface area contributed by atoms with Crippen LogP contribution in [-0.2, 0) is 14.3 Å².